The smallest absolute Gasteiger partial charge is 0.456 e. The Morgan fingerprint density at radius 3 is 1.10 bits per heavy atom. The topological polar surface area (TPSA) is 111 Å². The number of hydrogen-bond donors (Lipinski definition) is 2. The van der Waals surface area contributed by atoms with E-state index in [1.807, 2.05) is 33.3 Å². The number of likely N-dealkylation sites (N-methyl/N-ethyl adjacent to an activating group) is 1. The largest absolute Gasteiger partial charge is 0.472 e. The molecule has 0 bridgehead atoms. The number of phosphoric ester groups is 1. The Morgan fingerprint density at radius 1 is 0.414 bits per heavy atom. The molecule has 1 amide bonds. The van der Waals surface area contributed by atoms with Crippen LogP contribution < -0.4 is 5.32 Å². The van der Waals surface area contributed by atoms with Crippen LogP contribution in [0.25, 0.3) is 0 Å². The van der Waals surface area contributed by atoms with Gasteiger partial charge in [-0.1, -0.05) is 290 Å². The molecule has 0 aromatic rings. The molecule has 0 radical (unpaired) electrons. The van der Waals surface area contributed by atoms with Crippen LogP contribution in [0.5, 0.6) is 0 Å². The average molecular weight is 1230 g/mol. The molecule has 0 aliphatic carbocycles. The molecule has 0 heterocycles. The molecule has 2 N–H and O–H groups in total. The number of carbonyl (C=O) groups is 2. The number of unbranched alkanes of at least 4 members (excludes halogenated alkanes) is 27. The van der Waals surface area contributed by atoms with Crippen molar-refractivity contribution in [3.8, 4) is 0 Å². The lowest BCUT2D eigenvalue weighted by Gasteiger charge is -2.27. The van der Waals surface area contributed by atoms with Crippen molar-refractivity contribution in [3.63, 3.8) is 0 Å². The van der Waals surface area contributed by atoms with Gasteiger partial charge in [0.05, 0.1) is 33.8 Å². The van der Waals surface area contributed by atoms with Crippen LogP contribution in [0, 0.1) is 0 Å². The lowest BCUT2D eigenvalue weighted by Crippen LogP contribution is -2.47. The Balaban J connectivity index is 5.06. The van der Waals surface area contributed by atoms with Crippen LogP contribution in [0.1, 0.15) is 290 Å². The number of phosphoric acid groups is 1. The number of ether oxygens (including phenoxy) is 1. The first-order valence-electron chi connectivity index (χ1n) is 35.5. The summed E-state index contributed by atoms with van der Waals surface area (Å²) >= 11 is 0. The van der Waals surface area contributed by atoms with Crippen LogP contribution in [0.15, 0.2) is 134 Å². The summed E-state index contributed by atoms with van der Waals surface area (Å²) in [5.41, 5.74) is 0. The second-order valence-corrected chi connectivity index (χ2v) is 26.1. The maximum atomic E-state index is 13.6. The number of nitrogens with zero attached hydrogens (tertiary/aromatic N) is 1. The highest BCUT2D eigenvalue weighted by Gasteiger charge is 2.30. The van der Waals surface area contributed by atoms with Gasteiger partial charge in [-0.15, -0.1) is 0 Å². The number of nitrogens with one attached hydrogen (secondary N) is 1. The van der Waals surface area contributed by atoms with Crippen LogP contribution in [0.2, 0.25) is 0 Å². The van der Waals surface area contributed by atoms with E-state index in [1.165, 1.54) is 109 Å². The van der Waals surface area contributed by atoms with Gasteiger partial charge >= 0.3 is 13.8 Å². The number of carbonyl (C=O) groups excluding carboxylic acids is 2. The highest BCUT2D eigenvalue weighted by Crippen LogP contribution is 2.43. The first-order valence-corrected chi connectivity index (χ1v) is 37.0. The van der Waals surface area contributed by atoms with Crippen molar-refractivity contribution in [2.24, 2.45) is 0 Å². The third-order valence-corrected chi connectivity index (χ3v) is 16.1. The number of rotatable bonds is 63. The molecule has 0 aromatic heterocycles. The predicted octanol–water partition coefficient (Wildman–Crippen LogP) is 22.8. The summed E-state index contributed by atoms with van der Waals surface area (Å²) in [5, 5.41) is 3.06. The molecule has 0 saturated heterocycles. The Hall–Kier alpha value is -3.85. The van der Waals surface area contributed by atoms with Crippen molar-refractivity contribution in [2.45, 2.75) is 303 Å². The first-order chi connectivity index (χ1) is 42.4. The molecule has 0 aliphatic heterocycles. The number of esters is 1. The maximum absolute atomic E-state index is 13.6. The minimum Gasteiger partial charge on any atom is -0.456 e. The van der Waals surface area contributed by atoms with E-state index in [4.69, 9.17) is 13.8 Å². The van der Waals surface area contributed by atoms with E-state index in [0.29, 0.717) is 17.4 Å². The molecule has 0 aromatic carbocycles. The van der Waals surface area contributed by atoms with Crippen LogP contribution in [-0.4, -0.2) is 74.3 Å². The number of amides is 1. The molecule has 0 saturated carbocycles. The zero-order valence-electron chi connectivity index (χ0n) is 57.0. The molecule has 0 aliphatic rings. The summed E-state index contributed by atoms with van der Waals surface area (Å²) in [6.45, 7) is 6.77. The summed E-state index contributed by atoms with van der Waals surface area (Å²) in [6, 6.07) is -0.865. The highest BCUT2D eigenvalue weighted by atomic mass is 31.2. The van der Waals surface area contributed by atoms with Crippen LogP contribution in [0.3, 0.4) is 0 Å². The molecular formula is C77H134N2O7P+. The van der Waals surface area contributed by atoms with E-state index in [-0.39, 0.29) is 31.5 Å². The van der Waals surface area contributed by atoms with Gasteiger partial charge in [-0.2, -0.15) is 0 Å². The molecule has 87 heavy (non-hydrogen) atoms. The van der Waals surface area contributed by atoms with Crippen molar-refractivity contribution in [2.75, 3.05) is 40.9 Å². The molecule has 3 unspecified atom stereocenters. The molecule has 0 rings (SSSR count). The summed E-state index contributed by atoms with van der Waals surface area (Å²) in [7, 11) is 1.47. The van der Waals surface area contributed by atoms with Crippen molar-refractivity contribution in [3.05, 3.63) is 134 Å². The highest BCUT2D eigenvalue weighted by molar-refractivity contribution is 7.47. The van der Waals surface area contributed by atoms with Crippen molar-refractivity contribution in [1.82, 2.24) is 5.32 Å². The fourth-order valence-electron chi connectivity index (χ4n) is 9.70. The Labute approximate surface area is 536 Å². The SMILES string of the molecule is CC/C=C\C/C=C\C/C=C\C/C=C\C/C=C\CCCCCCCCCCCCCC(=O)NC(COP(=O)(O)OCC[N+](C)(C)C)C(/C=C\CCCCCCCCCCC)OC(=O)CCCCCCCCC/C=C\C/C=C\C/C=C\C/C=C\C/C=C\CC. The second kappa shape index (κ2) is 65.1. The first kappa shape index (κ1) is 83.2. The lowest BCUT2D eigenvalue weighted by molar-refractivity contribution is -0.870. The van der Waals surface area contributed by atoms with Gasteiger partial charge < -0.3 is 19.4 Å². The van der Waals surface area contributed by atoms with E-state index in [9.17, 15) is 19.0 Å². The van der Waals surface area contributed by atoms with Gasteiger partial charge in [0.25, 0.3) is 0 Å². The van der Waals surface area contributed by atoms with Crippen molar-refractivity contribution < 1.29 is 37.3 Å². The maximum Gasteiger partial charge on any atom is 0.472 e. The average Bonchev–Trinajstić information content (AvgIpc) is 3.70. The van der Waals surface area contributed by atoms with Crippen LogP contribution in [0.4, 0.5) is 0 Å². The summed E-state index contributed by atoms with van der Waals surface area (Å²) in [4.78, 5) is 37.9. The minimum absolute atomic E-state index is 0.0312. The van der Waals surface area contributed by atoms with E-state index < -0.39 is 20.0 Å². The van der Waals surface area contributed by atoms with E-state index in [1.54, 1.807) is 0 Å². The van der Waals surface area contributed by atoms with E-state index >= 15 is 0 Å². The monoisotopic (exact) mass is 1230 g/mol. The van der Waals surface area contributed by atoms with Crippen molar-refractivity contribution in [1.29, 1.82) is 0 Å². The zero-order valence-corrected chi connectivity index (χ0v) is 57.9. The van der Waals surface area contributed by atoms with Gasteiger partial charge in [0, 0.05) is 12.8 Å². The molecule has 9 nitrogen and oxygen atoms in total. The Kier molecular flexibility index (Phi) is 62.2. The van der Waals surface area contributed by atoms with Gasteiger partial charge in [-0.3, -0.25) is 18.6 Å². The van der Waals surface area contributed by atoms with Gasteiger partial charge in [-0.25, -0.2) is 4.57 Å². The third kappa shape index (κ3) is 66.4. The fraction of sp³-hybridized carbons (Fsp3) is 0.688. The summed E-state index contributed by atoms with van der Waals surface area (Å²) < 4.78 is 30.8. The van der Waals surface area contributed by atoms with Gasteiger partial charge in [-0.05, 0) is 122 Å². The van der Waals surface area contributed by atoms with E-state index in [0.717, 1.165) is 148 Å². The lowest BCUT2D eigenvalue weighted by atomic mass is 10.0. The van der Waals surface area contributed by atoms with Gasteiger partial charge in [0.1, 0.15) is 19.3 Å². The zero-order chi connectivity index (χ0) is 63.5. The third-order valence-electron chi connectivity index (χ3n) is 15.1. The van der Waals surface area contributed by atoms with Crippen LogP contribution >= 0.6 is 7.82 Å². The fourth-order valence-corrected chi connectivity index (χ4v) is 10.4. The van der Waals surface area contributed by atoms with Gasteiger partial charge in [0.2, 0.25) is 5.91 Å². The molecule has 3 atom stereocenters. The minimum atomic E-state index is -4.47. The van der Waals surface area contributed by atoms with Crippen LogP contribution in [-0.2, 0) is 27.9 Å². The Bertz CT molecular complexity index is 1950. The Morgan fingerprint density at radius 2 is 0.736 bits per heavy atom. The predicted molar refractivity (Wildman–Crippen MR) is 378 cm³/mol. The quantitative estimate of drug-likeness (QED) is 0.0205. The second-order valence-electron chi connectivity index (χ2n) is 24.6. The molecule has 10 heteroatoms. The van der Waals surface area contributed by atoms with Gasteiger partial charge in [0.15, 0.2) is 0 Å². The molecule has 0 spiro atoms. The normalized spacial score (nSPS) is 14.3. The number of quaternary nitrogens is 1. The summed E-state index contributed by atoms with van der Waals surface area (Å²) in [5.74, 6) is -0.525. The molecular weight excluding hydrogens is 1100 g/mol. The van der Waals surface area contributed by atoms with E-state index in [2.05, 4.69) is 148 Å². The molecule has 0 fully saturated rings. The standard InChI is InChI=1S/C77H133N2O7P/c1-7-10-13-16-19-22-25-27-29-31-33-35-37-38-39-40-42-43-45-47-49-51-54-57-60-63-66-69-76(80)78-74(73-85-87(82,83)84-72-71-79(4,5)6)75(68-65-62-59-56-53-24-21-18-15-12-9-3)86-77(81)70-67-64-61-58-55-52-50-48-46-44-41-36-34-32-30-28-26-23-20-17-14-11-8-2/h10-11,13-14,19-20,22-23,27-30,33-36,38-39,44,46,65,68,74-75H,7-9,12,15-18,21,24-26,31-32,37,40-43,45,47-64,66-67,69-73H2,1-6H3,(H-,78,80,82,83)/p+1/b13-10-,14-11-,22-19-,23-20-,29-27-,30-28-,35-33-,36-34-,39-38-,46-44-,68-65-. The number of allylic oxidation sites excluding steroid dienone is 21. The number of hydrogen-bond acceptors (Lipinski definition) is 6. The summed E-state index contributed by atoms with van der Waals surface area (Å²) in [6.07, 6.45) is 93.2. The molecule has 498 valence electrons. The van der Waals surface area contributed by atoms with Crippen molar-refractivity contribution >= 4 is 19.7 Å².